The third-order valence-corrected chi connectivity index (χ3v) is 4.26. The first-order valence-electron chi connectivity index (χ1n) is 8.70. The predicted molar refractivity (Wildman–Crippen MR) is 120 cm³/mol. The largest absolute Gasteiger partial charge is 0.443 e. The van der Waals surface area contributed by atoms with Crippen molar-refractivity contribution in [3.63, 3.8) is 0 Å². The number of ether oxygens (including phenoxy) is 1. The molecule has 28 heavy (non-hydrogen) atoms. The van der Waals surface area contributed by atoms with Gasteiger partial charge in [0.1, 0.15) is 9.30 Å². The number of allylic oxidation sites excluding steroid dienone is 1. The number of amides is 1. The molecule has 148 valence electrons. The second-order valence-electron chi connectivity index (χ2n) is 7.31. The lowest BCUT2D eigenvalue weighted by Crippen LogP contribution is -2.33. The van der Waals surface area contributed by atoms with E-state index in [4.69, 9.17) is 4.74 Å². The van der Waals surface area contributed by atoms with Crippen LogP contribution < -0.4 is 9.80 Å². The van der Waals surface area contributed by atoms with Crippen molar-refractivity contribution in [2.45, 2.75) is 26.4 Å². The zero-order chi connectivity index (χ0) is 20.9. The number of halogens is 1. The number of aromatic nitrogens is 1. The number of hydrogen-bond donors (Lipinski definition) is 0. The van der Waals surface area contributed by atoms with Crippen LogP contribution in [0.5, 0.6) is 0 Å². The van der Waals surface area contributed by atoms with Crippen LogP contribution in [0, 0.1) is 3.70 Å². The minimum Gasteiger partial charge on any atom is -0.443 e. The van der Waals surface area contributed by atoms with Crippen LogP contribution in [0.15, 0.2) is 54.9 Å². The highest BCUT2D eigenvalue weighted by Crippen LogP contribution is 2.22. The molecule has 0 aliphatic rings. The SMILES string of the molecule is CN(C)c1ccc(N(C=CC(=O)c2ccc(I)nc2)C(=O)OC(C)(C)C)cc1. The molecule has 1 aromatic heterocycles. The molecule has 1 amide bonds. The molecule has 6 nitrogen and oxygen atoms in total. The molecule has 2 rings (SSSR count). The summed E-state index contributed by atoms with van der Waals surface area (Å²) in [7, 11) is 3.88. The minimum atomic E-state index is -0.656. The monoisotopic (exact) mass is 493 g/mol. The van der Waals surface area contributed by atoms with E-state index in [1.54, 1.807) is 45.0 Å². The summed E-state index contributed by atoms with van der Waals surface area (Å²) in [6, 6.07) is 10.9. The van der Waals surface area contributed by atoms with E-state index in [1.807, 2.05) is 31.1 Å². The molecule has 0 aliphatic heterocycles. The summed E-state index contributed by atoms with van der Waals surface area (Å²) in [5, 5.41) is 0. The molecule has 2 aromatic rings. The lowest BCUT2D eigenvalue weighted by Gasteiger charge is -2.25. The van der Waals surface area contributed by atoms with Gasteiger partial charge < -0.3 is 9.64 Å². The van der Waals surface area contributed by atoms with Crippen LogP contribution in [0.1, 0.15) is 31.1 Å². The van der Waals surface area contributed by atoms with E-state index >= 15 is 0 Å². The van der Waals surface area contributed by atoms with Gasteiger partial charge in [0.05, 0.1) is 5.69 Å². The van der Waals surface area contributed by atoms with Crippen LogP contribution in [0.25, 0.3) is 0 Å². The molecule has 0 fully saturated rings. The third kappa shape index (κ3) is 6.33. The summed E-state index contributed by atoms with van der Waals surface area (Å²) in [5.74, 6) is -0.248. The van der Waals surface area contributed by atoms with Crippen molar-refractivity contribution in [2.75, 3.05) is 23.9 Å². The van der Waals surface area contributed by atoms with Gasteiger partial charge in [0.25, 0.3) is 0 Å². The second kappa shape index (κ2) is 9.18. The van der Waals surface area contributed by atoms with Gasteiger partial charge >= 0.3 is 6.09 Å². The molecule has 0 aliphatic carbocycles. The maximum absolute atomic E-state index is 12.7. The van der Waals surface area contributed by atoms with E-state index in [0.717, 1.165) is 9.39 Å². The van der Waals surface area contributed by atoms with Gasteiger partial charge in [-0.05, 0) is 79.8 Å². The van der Waals surface area contributed by atoms with E-state index in [0.29, 0.717) is 11.3 Å². The highest BCUT2D eigenvalue weighted by molar-refractivity contribution is 14.1. The van der Waals surface area contributed by atoms with Crippen LogP contribution in [-0.4, -0.2) is 36.6 Å². The Balaban J connectivity index is 2.30. The quantitative estimate of drug-likeness (QED) is 0.257. The summed E-state index contributed by atoms with van der Waals surface area (Å²) in [4.78, 5) is 32.5. The summed E-state index contributed by atoms with van der Waals surface area (Å²) >= 11 is 2.07. The van der Waals surface area contributed by atoms with E-state index in [-0.39, 0.29) is 5.78 Å². The average Bonchev–Trinajstić information content (AvgIpc) is 2.61. The van der Waals surface area contributed by atoms with E-state index in [1.165, 1.54) is 23.4 Å². The molecule has 0 N–H and O–H groups in total. The Bertz CT molecular complexity index is 854. The summed E-state index contributed by atoms with van der Waals surface area (Å²) in [5.41, 5.74) is 1.39. The van der Waals surface area contributed by atoms with Crippen molar-refractivity contribution in [2.24, 2.45) is 0 Å². The number of rotatable bonds is 5. The smallest absolute Gasteiger partial charge is 0.418 e. The Kier molecular flexibility index (Phi) is 7.17. The Morgan fingerprint density at radius 3 is 2.14 bits per heavy atom. The fourth-order valence-corrected chi connectivity index (χ4v) is 2.55. The number of carbonyl (C=O) groups excluding carboxylic acids is 2. The molecule has 0 bridgehead atoms. The highest BCUT2D eigenvalue weighted by atomic mass is 127. The van der Waals surface area contributed by atoms with Gasteiger partial charge in [0.15, 0.2) is 5.78 Å². The third-order valence-electron chi connectivity index (χ3n) is 3.62. The maximum Gasteiger partial charge on any atom is 0.418 e. The van der Waals surface area contributed by atoms with Crippen LogP contribution in [0.2, 0.25) is 0 Å². The number of ketones is 1. The van der Waals surface area contributed by atoms with Crippen molar-refractivity contribution < 1.29 is 14.3 Å². The molecule has 1 aromatic carbocycles. The Hall–Kier alpha value is -2.42. The van der Waals surface area contributed by atoms with Crippen molar-refractivity contribution in [1.82, 2.24) is 4.98 Å². The Morgan fingerprint density at radius 2 is 1.64 bits per heavy atom. The predicted octanol–water partition coefficient (Wildman–Crippen LogP) is 4.89. The number of carbonyl (C=O) groups is 2. The first kappa shape index (κ1) is 21.9. The van der Waals surface area contributed by atoms with Gasteiger partial charge in [0.2, 0.25) is 0 Å². The van der Waals surface area contributed by atoms with Crippen molar-refractivity contribution >= 4 is 45.8 Å². The normalized spacial score (nSPS) is 11.4. The zero-order valence-electron chi connectivity index (χ0n) is 16.6. The summed E-state index contributed by atoms with van der Waals surface area (Å²) < 4.78 is 6.29. The first-order chi connectivity index (χ1) is 13.1. The second-order valence-corrected chi connectivity index (χ2v) is 8.42. The highest BCUT2D eigenvalue weighted by Gasteiger charge is 2.22. The van der Waals surface area contributed by atoms with E-state index in [2.05, 4.69) is 27.6 Å². The van der Waals surface area contributed by atoms with Gasteiger partial charge in [-0.3, -0.25) is 9.69 Å². The molecule has 0 spiro atoms. The zero-order valence-corrected chi connectivity index (χ0v) is 18.8. The van der Waals surface area contributed by atoms with E-state index < -0.39 is 11.7 Å². The molecule has 0 radical (unpaired) electrons. The molecule has 0 saturated heterocycles. The molecule has 1 heterocycles. The Labute approximate surface area is 179 Å². The fraction of sp³-hybridized carbons (Fsp3) is 0.286. The standard InChI is InChI=1S/C21H24IN3O3/c1-21(2,3)28-20(27)25(17-9-7-16(8-10-17)24(4)5)13-12-18(26)15-6-11-19(22)23-14-15/h6-14H,1-5H3. The lowest BCUT2D eigenvalue weighted by molar-refractivity contribution is 0.0596. The molecular weight excluding hydrogens is 469 g/mol. The molecule has 0 unspecified atom stereocenters. The van der Waals surface area contributed by atoms with Crippen LogP contribution in [-0.2, 0) is 4.74 Å². The number of anilines is 2. The van der Waals surface area contributed by atoms with E-state index in [9.17, 15) is 9.59 Å². The van der Waals surface area contributed by atoms with Gasteiger partial charge in [-0.25, -0.2) is 9.78 Å². The van der Waals surface area contributed by atoms with Gasteiger partial charge in [-0.1, -0.05) is 0 Å². The van der Waals surface area contributed by atoms with Crippen molar-refractivity contribution in [3.05, 3.63) is 64.1 Å². The first-order valence-corrected chi connectivity index (χ1v) is 9.78. The fourth-order valence-electron chi connectivity index (χ4n) is 2.23. The molecule has 0 saturated carbocycles. The maximum atomic E-state index is 12.7. The van der Waals surface area contributed by atoms with Crippen molar-refractivity contribution in [3.8, 4) is 0 Å². The Morgan fingerprint density at radius 1 is 1.04 bits per heavy atom. The lowest BCUT2D eigenvalue weighted by atomic mass is 10.2. The van der Waals surface area contributed by atoms with Crippen LogP contribution in [0.4, 0.5) is 16.2 Å². The number of pyridine rings is 1. The number of hydrogen-bond acceptors (Lipinski definition) is 5. The summed E-state index contributed by atoms with van der Waals surface area (Å²) in [6.45, 7) is 5.39. The average molecular weight is 493 g/mol. The van der Waals surface area contributed by atoms with Gasteiger partial charge in [0, 0.05) is 43.8 Å². The van der Waals surface area contributed by atoms with Crippen LogP contribution >= 0.6 is 22.6 Å². The van der Waals surface area contributed by atoms with Gasteiger partial charge in [-0.2, -0.15) is 0 Å². The number of nitrogens with zero attached hydrogens (tertiary/aromatic N) is 3. The molecular formula is C21H24IN3O3. The number of benzene rings is 1. The van der Waals surface area contributed by atoms with Crippen molar-refractivity contribution in [1.29, 1.82) is 0 Å². The van der Waals surface area contributed by atoms with Crippen LogP contribution in [0.3, 0.4) is 0 Å². The minimum absolute atomic E-state index is 0.248. The summed E-state index contributed by atoms with van der Waals surface area (Å²) in [6.07, 6.45) is 3.72. The van der Waals surface area contributed by atoms with Gasteiger partial charge in [-0.15, -0.1) is 0 Å². The molecule has 7 heteroatoms. The molecule has 0 atom stereocenters. The topological polar surface area (TPSA) is 62.7 Å².